The van der Waals surface area contributed by atoms with E-state index in [1.807, 2.05) is 74.5 Å². The zero-order valence-corrected chi connectivity index (χ0v) is 35.3. The Morgan fingerprint density at radius 1 is 0.689 bits per heavy atom. The van der Waals surface area contributed by atoms with Gasteiger partial charge >= 0.3 is 0 Å². The van der Waals surface area contributed by atoms with E-state index in [9.17, 15) is 9.90 Å². The lowest BCUT2D eigenvalue weighted by Gasteiger charge is -2.35. The van der Waals surface area contributed by atoms with Crippen molar-refractivity contribution < 1.29 is 15.0 Å². The SMILES string of the molecule is C.C.C.CC(C)(O)C1CCC(c2[nH]nc(-c3ccc(Cl)cc3)c2-c2ccncn2)CC1.Cl.Cl.O=C(CO)N1CCC(c2[nH]nc(-c3ccc(Cl)cc3)c2-c2ccncn2)CC1. The Kier molecular flexibility index (Phi) is 20.5. The zero-order chi connectivity index (χ0) is 39.2. The summed E-state index contributed by atoms with van der Waals surface area (Å²) in [6, 6.07) is 19.1. The van der Waals surface area contributed by atoms with E-state index in [2.05, 4.69) is 40.3 Å². The molecular formula is C45H59Cl4N9O3. The normalized spacial score (nSPS) is 16.2. The molecule has 1 saturated carbocycles. The van der Waals surface area contributed by atoms with Crippen LogP contribution in [0, 0.1) is 5.92 Å². The van der Waals surface area contributed by atoms with Crippen molar-refractivity contribution in [3.05, 3.63) is 107 Å². The molecular weight excluding hydrogens is 856 g/mol. The number of likely N-dealkylation sites (tertiary alicyclic amines) is 1. The molecule has 4 N–H and O–H groups in total. The van der Waals surface area contributed by atoms with Gasteiger partial charge in [0.2, 0.25) is 5.91 Å². The maximum absolute atomic E-state index is 11.7. The molecule has 2 aromatic carbocycles. The molecule has 6 aromatic rings. The Bertz CT molecular complexity index is 2200. The number of nitrogens with one attached hydrogen (secondary N) is 2. The van der Waals surface area contributed by atoms with Crippen molar-refractivity contribution in [2.75, 3.05) is 19.7 Å². The highest BCUT2D eigenvalue weighted by molar-refractivity contribution is 6.31. The van der Waals surface area contributed by atoms with Crippen molar-refractivity contribution in [1.82, 2.24) is 45.2 Å². The molecule has 0 unspecified atom stereocenters. The van der Waals surface area contributed by atoms with Crippen LogP contribution in [0.2, 0.25) is 10.0 Å². The number of halogens is 4. The topological polar surface area (TPSA) is 170 Å². The van der Waals surface area contributed by atoms with Crippen LogP contribution in [0.5, 0.6) is 0 Å². The smallest absolute Gasteiger partial charge is 0.248 e. The van der Waals surface area contributed by atoms with Gasteiger partial charge in [0.1, 0.15) is 30.6 Å². The minimum Gasteiger partial charge on any atom is -0.390 e. The van der Waals surface area contributed by atoms with Gasteiger partial charge in [-0.1, -0.05) is 69.7 Å². The van der Waals surface area contributed by atoms with Crippen LogP contribution in [-0.2, 0) is 4.79 Å². The van der Waals surface area contributed by atoms with Crippen molar-refractivity contribution in [1.29, 1.82) is 0 Å². The number of aromatic nitrogens is 8. The lowest BCUT2D eigenvalue weighted by molar-refractivity contribution is -0.135. The van der Waals surface area contributed by atoms with Gasteiger partial charge in [-0.2, -0.15) is 10.2 Å². The Hall–Kier alpha value is -4.43. The summed E-state index contributed by atoms with van der Waals surface area (Å²) in [5.41, 5.74) is 8.84. The van der Waals surface area contributed by atoms with Gasteiger partial charge in [-0.3, -0.25) is 15.0 Å². The van der Waals surface area contributed by atoms with Crippen molar-refractivity contribution in [3.8, 4) is 45.0 Å². The molecule has 330 valence electrons. The fourth-order valence-corrected chi connectivity index (χ4v) is 8.19. The first-order valence-corrected chi connectivity index (χ1v) is 19.7. The van der Waals surface area contributed by atoms with E-state index in [0.29, 0.717) is 35.0 Å². The number of benzene rings is 2. The van der Waals surface area contributed by atoms with E-state index in [-0.39, 0.29) is 58.9 Å². The number of aliphatic hydroxyl groups is 2. The predicted molar refractivity (Wildman–Crippen MR) is 251 cm³/mol. The van der Waals surface area contributed by atoms with Crippen LogP contribution in [0.4, 0.5) is 0 Å². The molecule has 2 fully saturated rings. The first kappa shape index (κ1) is 52.7. The highest BCUT2D eigenvalue weighted by atomic mass is 35.5. The van der Waals surface area contributed by atoms with E-state index in [1.165, 1.54) is 6.33 Å². The van der Waals surface area contributed by atoms with Gasteiger partial charge in [0.05, 0.1) is 17.0 Å². The van der Waals surface area contributed by atoms with Gasteiger partial charge in [0.25, 0.3) is 0 Å². The molecule has 5 heterocycles. The van der Waals surface area contributed by atoms with E-state index < -0.39 is 12.2 Å². The number of carbonyl (C=O) groups excluding carboxylic acids is 1. The molecule has 16 heteroatoms. The molecule has 4 aromatic heterocycles. The van der Waals surface area contributed by atoms with Gasteiger partial charge in [-0.05, 0) is 94.7 Å². The van der Waals surface area contributed by atoms with Crippen LogP contribution in [0.3, 0.4) is 0 Å². The molecule has 0 bridgehead atoms. The number of aliphatic hydroxyl groups excluding tert-OH is 1. The average molecular weight is 916 g/mol. The molecule has 1 aliphatic carbocycles. The summed E-state index contributed by atoms with van der Waals surface area (Å²) >= 11 is 12.1. The van der Waals surface area contributed by atoms with Crippen molar-refractivity contribution in [2.45, 2.75) is 92.1 Å². The van der Waals surface area contributed by atoms with Gasteiger partial charge < -0.3 is 15.1 Å². The van der Waals surface area contributed by atoms with Crippen LogP contribution in [0.25, 0.3) is 45.0 Å². The average Bonchev–Trinajstić information content (AvgIpc) is 3.88. The Labute approximate surface area is 382 Å². The summed E-state index contributed by atoms with van der Waals surface area (Å²) in [5.74, 6) is 0.712. The molecule has 61 heavy (non-hydrogen) atoms. The molecule has 12 nitrogen and oxygen atoms in total. The number of hydrogen-bond acceptors (Lipinski definition) is 9. The minimum absolute atomic E-state index is 0. The van der Waals surface area contributed by atoms with Crippen LogP contribution < -0.4 is 0 Å². The third-order valence-corrected chi connectivity index (χ3v) is 11.5. The molecule has 8 rings (SSSR count). The maximum Gasteiger partial charge on any atom is 0.248 e. The van der Waals surface area contributed by atoms with Gasteiger partial charge in [-0.25, -0.2) is 19.9 Å². The fourth-order valence-electron chi connectivity index (χ4n) is 7.94. The van der Waals surface area contributed by atoms with E-state index in [0.717, 1.165) is 94.9 Å². The second-order valence-electron chi connectivity index (χ2n) is 14.9. The number of piperidine rings is 1. The minimum atomic E-state index is -0.622. The second-order valence-corrected chi connectivity index (χ2v) is 15.8. The molecule has 0 spiro atoms. The molecule has 1 aliphatic heterocycles. The number of nitrogens with zero attached hydrogens (tertiary/aromatic N) is 7. The summed E-state index contributed by atoms with van der Waals surface area (Å²) in [5, 5.41) is 36.6. The number of rotatable bonds is 8. The summed E-state index contributed by atoms with van der Waals surface area (Å²) < 4.78 is 0. The Morgan fingerprint density at radius 3 is 1.46 bits per heavy atom. The van der Waals surface area contributed by atoms with Gasteiger partial charge in [0.15, 0.2) is 0 Å². The third-order valence-electron chi connectivity index (χ3n) is 11.0. The summed E-state index contributed by atoms with van der Waals surface area (Å²) in [6.07, 6.45) is 12.2. The predicted octanol–water partition coefficient (Wildman–Crippen LogP) is 10.9. The molecule has 2 aliphatic rings. The lowest BCUT2D eigenvalue weighted by atomic mass is 9.73. The van der Waals surface area contributed by atoms with Gasteiger partial charge in [0, 0.05) is 81.0 Å². The quantitative estimate of drug-likeness (QED) is 0.116. The Morgan fingerprint density at radius 2 is 1.10 bits per heavy atom. The third kappa shape index (κ3) is 12.4. The second kappa shape index (κ2) is 23.7. The highest BCUT2D eigenvalue weighted by Gasteiger charge is 2.34. The molecule has 0 atom stereocenters. The lowest BCUT2D eigenvalue weighted by Crippen LogP contribution is -2.39. The largest absolute Gasteiger partial charge is 0.390 e. The van der Waals surface area contributed by atoms with Crippen molar-refractivity contribution >= 4 is 53.9 Å². The van der Waals surface area contributed by atoms with Crippen LogP contribution in [0.1, 0.15) is 97.9 Å². The first-order valence-electron chi connectivity index (χ1n) is 18.9. The fraction of sp³-hybridized carbons (Fsp3) is 0.400. The van der Waals surface area contributed by atoms with Crippen molar-refractivity contribution in [3.63, 3.8) is 0 Å². The van der Waals surface area contributed by atoms with Crippen molar-refractivity contribution in [2.24, 2.45) is 5.92 Å². The Balaban J connectivity index is 0.000000388. The molecule has 1 amide bonds. The summed E-state index contributed by atoms with van der Waals surface area (Å²) in [7, 11) is 0. The van der Waals surface area contributed by atoms with E-state index in [1.54, 1.807) is 23.6 Å². The number of hydrogen-bond donors (Lipinski definition) is 4. The number of carbonyl (C=O) groups is 1. The molecule has 0 radical (unpaired) electrons. The van der Waals surface area contributed by atoms with Crippen LogP contribution in [0.15, 0.2) is 85.7 Å². The number of aromatic amines is 2. The van der Waals surface area contributed by atoms with Crippen LogP contribution >= 0.6 is 48.0 Å². The monoisotopic (exact) mass is 913 g/mol. The molecule has 1 saturated heterocycles. The van der Waals surface area contributed by atoms with E-state index in [4.69, 9.17) is 28.3 Å². The standard InChI is InChI=1S/C22H25ClN4O.C20H20ClN5O2.3CH4.2ClH/c1-22(2,28)16-7-3-14(4-8-16)20-19(18-11-12-24-13-25-18)21(27-26-20)15-5-9-17(23)10-6-15;21-15-3-1-13(2-4-15)19-18(16-5-8-22-12-23-16)20(25-24-19)14-6-9-26(10-7-14)17(28)11-27;;;;;/h5-6,9-14,16,28H,3-4,7-8H2,1-2H3,(H,26,27);1-5,8,12,14,27H,6-7,9-11H2,(H,24,25);3*1H4;2*1H. The maximum atomic E-state index is 11.7. The first-order chi connectivity index (χ1) is 27.1. The number of amides is 1. The van der Waals surface area contributed by atoms with Gasteiger partial charge in [-0.15, -0.1) is 24.8 Å². The van der Waals surface area contributed by atoms with E-state index >= 15 is 0 Å². The number of H-pyrrole nitrogens is 2. The zero-order valence-electron chi connectivity index (χ0n) is 32.2. The summed E-state index contributed by atoms with van der Waals surface area (Å²) in [4.78, 5) is 30.5. The van der Waals surface area contributed by atoms with Crippen LogP contribution in [-0.4, -0.2) is 86.6 Å². The highest BCUT2D eigenvalue weighted by Crippen LogP contribution is 2.44. The summed E-state index contributed by atoms with van der Waals surface area (Å²) in [6.45, 7) is 4.62.